The minimum atomic E-state index is -4.83. The van der Waals surface area contributed by atoms with Crippen LogP contribution in [0.1, 0.15) is 22.3 Å². The number of carbonyl (C=O) groups is 2. The largest absolute Gasteiger partial charge is 0.416 e. The van der Waals surface area contributed by atoms with Gasteiger partial charge in [-0.1, -0.05) is 24.3 Å². The Bertz CT molecular complexity index is 816. The maximum atomic E-state index is 13.0. The van der Waals surface area contributed by atoms with Gasteiger partial charge in [-0.15, -0.1) is 0 Å². The van der Waals surface area contributed by atoms with Gasteiger partial charge in [0, 0.05) is 0 Å². The molecule has 0 aliphatic rings. The highest BCUT2D eigenvalue weighted by Crippen LogP contribution is 2.38. The first-order valence-corrected chi connectivity index (χ1v) is 7.26. The monoisotopic (exact) mass is 390 g/mol. The molecule has 0 saturated carbocycles. The zero-order valence-electron chi connectivity index (χ0n) is 13.4. The summed E-state index contributed by atoms with van der Waals surface area (Å²) >= 11 is 0. The van der Waals surface area contributed by atoms with E-state index in [1.54, 1.807) is 0 Å². The van der Waals surface area contributed by atoms with Crippen molar-refractivity contribution in [2.24, 2.45) is 11.5 Å². The van der Waals surface area contributed by atoms with Gasteiger partial charge in [-0.3, -0.25) is 9.59 Å². The number of amides is 2. The molecule has 0 atom stereocenters. The summed E-state index contributed by atoms with van der Waals surface area (Å²) in [7, 11) is 0. The van der Waals surface area contributed by atoms with E-state index in [2.05, 4.69) is 0 Å². The molecule has 2 aromatic carbocycles. The van der Waals surface area contributed by atoms with Crippen molar-refractivity contribution in [2.75, 3.05) is 0 Å². The van der Waals surface area contributed by atoms with Gasteiger partial charge in [-0.25, -0.2) is 0 Å². The maximum absolute atomic E-state index is 13.0. The number of alkyl halides is 6. The van der Waals surface area contributed by atoms with Crippen LogP contribution in [0.3, 0.4) is 0 Å². The van der Waals surface area contributed by atoms with Gasteiger partial charge in [0.05, 0.1) is 11.1 Å². The molecule has 0 saturated heterocycles. The Balaban J connectivity index is 2.84. The second kappa shape index (κ2) is 6.60. The first-order chi connectivity index (χ1) is 12.3. The molecule has 0 aliphatic carbocycles. The summed E-state index contributed by atoms with van der Waals surface area (Å²) in [5.41, 5.74) is 4.17. The molecule has 4 N–H and O–H groups in total. The molecule has 0 fully saturated rings. The van der Waals surface area contributed by atoms with Crippen LogP contribution < -0.4 is 11.5 Å². The number of benzene rings is 2. The highest BCUT2D eigenvalue weighted by atomic mass is 19.4. The number of halogens is 6. The van der Waals surface area contributed by atoms with E-state index in [9.17, 15) is 35.9 Å². The van der Waals surface area contributed by atoms with Gasteiger partial charge < -0.3 is 11.5 Å². The van der Waals surface area contributed by atoms with E-state index in [-0.39, 0.29) is 0 Å². The minimum absolute atomic E-state index is 0.454. The molecule has 0 aliphatic heterocycles. The van der Waals surface area contributed by atoms with Crippen molar-refractivity contribution in [3.05, 3.63) is 70.8 Å². The van der Waals surface area contributed by atoms with Crippen LogP contribution in [0.2, 0.25) is 0 Å². The van der Waals surface area contributed by atoms with E-state index in [0.717, 1.165) is 24.3 Å². The topological polar surface area (TPSA) is 86.2 Å². The van der Waals surface area contributed by atoms with Crippen LogP contribution in [0, 0.1) is 0 Å². The van der Waals surface area contributed by atoms with Crippen LogP contribution in [0.4, 0.5) is 26.3 Å². The third-order valence-electron chi connectivity index (χ3n) is 3.99. The second-order valence-corrected chi connectivity index (χ2v) is 5.64. The smallest absolute Gasteiger partial charge is 0.368 e. The predicted octanol–water partition coefficient (Wildman–Crippen LogP) is 2.98. The van der Waals surface area contributed by atoms with E-state index in [0.29, 0.717) is 24.3 Å². The lowest BCUT2D eigenvalue weighted by atomic mass is 9.72. The predicted molar refractivity (Wildman–Crippen MR) is 82.1 cm³/mol. The van der Waals surface area contributed by atoms with Crippen molar-refractivity contribution in [1.29, 1.82) is 0 Å². The fourth-order valence-corrected chi connectivity index (χ4v) is 2.71. The Morgan fingerprint density at radius 3 is 1.19 bits per heavy atom. The molecule has 0 aromatic heterocycles. The lowest BCUT2D eigenvalue weighted by Crippen LogP contribution is -2.52. The van der Waals surface area contributed by atoms with E-state index >= 15 is 0 Å². The van der Waals surface area contributed by atoms with Gasteiger partial charge in [-0.2, -0.15) is 26.3 Å². The fourth-order valence-electron chi connectivity index (χ4n) is 2.71. The average Bonchev–Trinajstić information content (AvgIpc) is 2.54. The van der Waals surface area contributed by atoms with E-state index in [1.807, 2.05) is 0 Å². The van der Waals surface area contributed by atoms with Crippen molar-refractivity contribution < 1.29 is 35.9 Å². The summed E-state index contributed by atoms with van der Waals surface area (Å²) in [6.07, 6.45) is -9.66. The molecule has 10 heteroatoms. The Morgan fingerprint density at radius 1 is 0.630 bits per heavy atom. The van der Waals surface area contributed by atoms with Crippen molar-refractivity contribution in [2.45, 2.75) is 17.8 Å². The van der Waals surface area contributed by atoms with Crippen LogP contribution in [0.25, 0.3) is 0 Å². The van der Waals surface area contributed by atoms with Crippen LogP contribution in [-0.2, 0) is 27.4 Å². The van der Waals surface area contributed by atoms with Crippen molar-refractivity contribution in [3.8, 4) is 0 Å². The number of primary amides is 2. The summed E-state index contributed by atoms with van der Waals surface area (Å²) in [5.74, 6) is -3.01. The van der Waals surface area contributed by atoms with Crippen molar-refractivity contribution in [3.63, 3.8) is 0 Å². The van der Waals surface area contributed by atoms with Crippen molar-refractivity contribution >= 4 is 11.8 Å². The first kappa shape index (κ1) is 20.3. The van der Waals surface area contributed by atoms with Gasteiger partial charge in [0.15, 0.2) is 5.41 Å². The summed E-state index contributed by atoms with van der Waals surface area (Å²) in [6.45, 7) is 0. The van der Waals surface area contributed by atoms with Gasteiger partial charge in [-0.05, 0) is 35.4 Å². The zero-order chi connectivity index (χ0) is 20.6. The minimum Gasteiger partial charge on any atom is -0.368 e. The summed E-state index contributed by atoms with van der Waals surface area (Å²) in [5, 5.41) is 0. The van der Waals surface area contributed by atoms with Crippen LogP contribution in [0.5, 0.6) is 0 Å². The van der Waals surface area contributed by atoms with Crippen LogP contribution in [-0.4, -0.2) is 11.8 Å². The molecule has 2 aromatic rings. The number of hydrogen-bond donors (Lipinski definition) is 2. The molecular weight excluding hydrogens is 378 g/mol. The third-order valence-corrected chi connectivity index (χ3v) is 3.99. The molecule has 2 rings (SSSR count). The molecule has 0 heterocycles. The number of nitrogens with two attached hydrogens (primary N) is 2. The van der Waals surface area contributed by atoms with Crippen LogP contribution >= 0.6 is 0 Å². The van der Waals surface area contributed by atoms with E-state index in [4.69, 9.17) is 11.5 Å². The normalized spacial score (nSPS) is 12.7. The molecule has 0 spiro atoms. The average molecular weight is 390 g/mol. The van der Waals surface area contributed by atoms with Gasteiger partial charge >= 0.3 is 12.4 Å². The maximum Gasteiger partial charge on any atom is 0.416 e. The number of rotatable bonds is 4. The molecule has 0 unspecified atom stereocenters. The Hall–Kier alpha value is -3.04. The molecule has 0 bridgehead atoms. The van der Waals surface area contributed by atoms with E-state index in [1.165, 1.54) is 0 Å². The summed E-state index contributed by atoms with van der Waals surface area (Å²) in [6, 6.07) is 5.96. The molecular formula is C17H12F6N2O2. The highest BCUT2D eigenvalue weighted by molar-refractivity contribution is 6.13. The van der Waals surface area contributed by atoms with Gasteiger partial charge in [0.1, 0.15) is 0 Å². The summed E-state index contributed by atoms with van der Waals surface area (Å²) < 4.78 is 78.0. The molecule has 27 heavy (non-hydrogen) atoms. The lowest BCUT2D eigenvalue weighted by Gasteiger charge is -2.29. The molecule has 4 nitrogen and oxygen atoms in total. The number of hydrogen-bond acceptors (Lipinski definition) is 2. The van der Waals surface area contributed by atoms with E-state index < -0.39 is 51.8 Å². The van der Waals surface area contributed by atoms with Gasteiger partial charge in [0.25, 0.3) is 0 Å². The Kier molecular flexibility index (Phi) is 4.96. The fraction of sp³-hybridized carbons (Fsp3) is 0.176. The molecule has 144 valence electrons. The van der Waals surface area contributed by atoms with Crippen molar-refractivity contribution in [1.82, 2.24) is 0 Å². The lowest BCUT2D eigenvalue weighted by molar-refractivity contribution is -0.138. The summed E-state index contributed by atoms with van der Waals surface area (Å²) in [4.78, 5) is 24.3. The number of carbonyl (C=O) groups excluding carboxylic acids is 2. The SMILES string of the molecule is NC(=O)C(C(N)=O)(c1cccc(C(F)(F)F)c1)c1cccc(C(F)(F)F)c1. The quantitative estimate of drug-likeness (QED) is 0.621. The first-order valence-electron chi connectivity index (χ1n) is 7.26. The second-order valence-electron chi connectivity index (χ2n) is 5.64. The molecule has 0 radical (unpaired) electrons. The molecule has 2 amide bonds. The standard InChI is InChI=1S/C17H12F6N2O2/c18-16(19,20)11-5-1-3-9(7-11)15(13(24)26,14(25)27)10-4-2-6-12(8-10)17(21,22)23/h1-8H,(H2,24,26)(H2,25,27). The van der Waals surface area contributed by atoms with Crippen LogP contribution in [0.15, 0.2) is 48.5 Å². The Labute approximate surface area is 148 Å². The van der Waals surface area contributed by atoms with Gasteiger partial charge in [0.2, 0.25) is 11.8 Å². The Morgan fingerprint density at radius 2 is 0.926 bits per heavy atom. The highest BCUT2D eigenvalue weighted by Gasteiger charge is 2.48. The zero-order valence-corrected chi connectivity index (χ0v) is 13.4. The third kappa shape index (κ3) is 3.60.